The van der Waals surface area contributed by atoms with Crippen LogP contribution in [0.25, 0.3) is 22.7 Å². The van der Waals surface area contributed by atoms with Crippen LogP contribution in [0.15, 0.2) is 36.4 Å². The SMILES string of the molecule is COC(=O)/C(=C\c1cc(OC)c(OC)c(OC)c1)c1nc2ccccc2[nH]1. The van der Waals surface area contributed by atoms with Crippen LogP contribution < -0.4 is 14.2 Å². The minimum absolute atomic E-state index is 0.281. The molecule has 0 aliphatic carbocycles. The number of ether oxygens (including phenoxy) is 4. The van der Waals surface area contributed by atoms with Crippen molar-refractivity contribution in [2.24, 2.45) is 0 Å². The quantitative estimate of drug-likeness (QED) is 0.531. The number of fused-ring (bicyclic) bond motifs is 1. The van der Waals surface area contributed by atoms with Gasteiger partial charge in [0.15, 0.2) is 11.5 Å². The van der Waals surface area contributed by atoms with Crippen LogP contribution in [0.4, 0.5) is 0 Å². The molecule has 0 amide bonds. The smallest absolute Gasteiger partial charge is 0.341 e. The third-order valence-electron chi connectivity index (χ3n) is 4.05. The summed E-state index contributed by atoms with van der Waals surface area (Å²) in [6.07, 6.45) is 1.66. The average molecular weight is 368 g/mol. The Balaban J connectivity index is 2.15. The van der Waals surface area contributed by atoms with Crippen LogP contribution in [0.3, 0.4) is 0 Å². The van der Waals surface area contributed by atoms with Crippen molar-refractivity contribution in [2.45, 2.75) is 0 Å². The van der Waals surface area contributed by atoms with E-state index in [1.54, 1.807) is 18.2 Å². The van der Waals surface area contributed by atoms with Crippen LogP contribution in [-0.4, -0.2) is 44.4 Å². The topological polar surface area (TPSA) is 82.7 Å². The number of carbonyl (C=O) groups is 1. The lowest BCUT2D eigenvalue weighted by Gasteiger charge is -2.13. The van der Waals surface area contributed by atoms with E-state index in [-0.39, 0.29) is 5.57 Å². The summed E-state index contributed by atoms with van der Waals surface area (Å²) in [5.41, 5.74) is 2.53. The number of benzene rings is 2. The van der Waals surface area contributed by atoms with Gasteiger partial charge >= 0.3 is 5.97 Å². The first-order valence-electron chi connectivity index (χ1n) is 8.16. The van der Waals surface area contributed by atoms with Gasteiger partial charge in [0.1, 0.15) is 11.4 Å². The van der Waals surface area contributed by atoms with E-state index in [9.17, 15) is 4.79 Å². The molecule has 0 fully saturated rings. The van der Waals surface area contributed by atoms with Gasteiger partial charge in [0.05, 0.1) is 39.5 Å². The average Bonchev–Trinajstić information content (AvgIpc) is 3.14. The molecule has 140 valence electrons. The molecular weight excluding hydrogens is 348 g/mol. The largest absolute Gasteiger partial charge is 0.493 e. The molecule has 7 nitrogen and oxygen atoms in total. The highest BCUT2D eigenvalue weighted by molar-refractivity contribution is 6.21. The first kappa shape index (κ1) is 18.3. The van der Waals surface area contributed by atoms with Crippen LogP contribution in [0, 0.1) is 0 Å². The maximum absolute atomic E-state index is 12.4. The van der Waals surface area contributed by atoms with Crippen LogP contribution in [0.1, 0.15) is 11.4 Å². The number of esters is 1. The highest BCUT2D eigenvalue weighted by atomic mass is 16.5. The second kappa shape index (κ2) is 7.82. The Morgan fingerprint density at radius 2 is 1.67 bits per heavy atom. The number of H-pyrrole nitrogens is 1. The van der Waals surface area contributed by atoms with Crippen molar-refractivity contribution in [3.63, 3.8) is 0 Å². The summed E-state index contributed by atoms with van der Waals surface area (Å²) in [6.45, 7) is 0. The standard InChI is InChI=1S/C20H20N2O5/c1-24-16-10-12(11-17(25-2)18(16)26-3)9-13(20(23)27-4)19-21-14-7-5-6-8-15(14)22-19/h5-11H,1-4H3,(H,21,22)/b13-9-. The number of aromatic amines is 1. The zero-order chi connectivity index (χ0) is 19.4. The van der Waals surface area contributed by atoms with Gasteiger partial charge in [-0.2, -0.15) is 0 Å². The lowest BCUT2D eigenvalue weighted by Crippen LogP contribution is -2.05. The minimum Gasteiger partial charge on any atom is -0.493 e. The first-order chi connectivity index (χ1) is 13.1. The van der Waals surface area contributed by atoms with E-state index in [0.717, 1.165) is 11.0 Å². The molecule has 1 aromatic heterocycles. The van der Waals surface area contributed by atoms with E-state index in [0.29, 0.717) is 28.6 Å². The fourth-order valence-corrected chi connectivity index (χ4v) is 2.77. The maximum Gasteiger partial charge on any atom is 0.341 e. The Kier molecular flexibility index (Phi) is 5.30. The third kappa shape index (κ3) is 3.57. The summed E-state index contributed by atoms with van der Waals surface area (Å²) in [5.74, 6) is 1.34. The maximum atomic E-state index is 12.4. The predicted molar refractivity (Wildman–Crippen MR) is 102 cm³/mol. The lowest BCUT2D eigenvalue weighted by atomic mass is 10.1. The van der Waals surface area contributed by atoms with Gasteiger partial charge in [-0.05, 0) is 35.9 Å². The van der Waals surface area contributed by atoms with Gasteiger partial charge in [0, 0.05) is 0 Å². The van der Waals surface area contributed by atoms with Gasteiger partial charge in [-0.25, -0.2) is 9.78 Å². The molecule has 0 saturated heterocycles. The fourth-order valence-electron chi connectivity index (χ4n) is 2.77. The van der Waals surface area contributed by atoms with E-state index in [1.165, 1.54) is 28.4 Å². The van der Waals surface area contributed by atoms with E-state index >= 15 is 0 Å². The second-order valence-electron chi connectivity index (χ2n) is 5.61. The zero-order valence-corrected chi connectivity index (χ0v) is 15.5. The van der Waals surface area contributed by atoms with E-state index in [4.69, 9.17) is 18.9 Å². The van der Waals surface area contributed by atoms with Crippen molar-refractivity contribution in [1.82, 2.24) is 9.97 Å². The molecule has 0 unspecified atom stereocenters. The molecule has 27 heavy (non-hydrogen) atoms. The fraction of sp³-hybridized carbons (Fsp3) is 0.200. The summed E-state index contributed by atoms with van der Waals surface area (Å²) >= 11 is 0. The molecule has 0 spiro atoms. The highest BCUT2D eigenvalue weighted by Crippen LogP contribution is 2.39. The van der Waals surface area contributed by atoms with Gasteiger partial charge in [-0.1, -0.05) is 12.1 Å². The number of imidazole rings is 1. The lowest BCUT2D eigenvalue weighted by molar-refractivity contribution is -0.133. The van der Waals surface area contributed by atoms with Gasteiger partial charge in [-0.3, -0.25) is 0 Å². The second-order valence-corrected chi connectivity index (χ2v) is 5.61. The van der Waals surface area contributed by atoms with Crippen LogP contribution in [0.5, 0.6) is 17.2 Å². The van der Waals surface area contributed by atoms with Crippen LogP contribution >= 0.6 is 0 Å². The van der Waals surface area contributed by atoms with Crippen molar-refractivity contribution >= 4 is 28.7 Å². The monoisotopic (exact) mass is 368 g/mol. The molecule has 0 radical (unpaired) electrons. The minimum atomic E-state index is -0.511. The van der Waals surface area contributed by atoms with Crippen LogP contribution in [0.2, 0.25) is 0 Å². The number of rotatable bonds is 6. The number of hydrogen-bond acceptors (Lipinski definition) is 6. The van der Waals surface area contributed by atoms with Crippen molar-refractivity contribution in [1.29, 1.82) is 0 Å². The van der Waals surface area contributed by atoms with Crippen LogP contribution in [-0.2, 0) is 9.53 Å². The molecule has 3 rings (SSSR count). The molecule has 2 aromatic carbocycles. The van der Waals surface area contributed by atoms with E-state index < -0.39 is 5.97 Å². The third-order valence-corrected chi connectivity index (χ3v) is 4.05. The zero-order valence-electron chi connectivity index (χ0n) is 15.5. The number of nitrogens with one attached hydrogen (secondary N) is 1. The first-order valence-corrected chi connectivity index (χ1v) is 8.16. The van der Waals surface area contributed by atoms with E-state index in [1.807, 2.05) is 24.3 Å². The number of nitrogens with zero attached hydrogens (tertiary/aromatic N) is 1. The molecule has 3 aromatic rings. The van der Waals surface area contributed by atoms with Gasteiger partial charge in [0.2, 0.25) is 5.75 Å². The molecule has 1 heterocycles. The Morgan fingerprint density at radius 3 is 2.22 bits per heavy atom. The predicted octanol–water partition coefficient (Wildman–Crippen LogP) is 3.30. The van der Waals surface area contributed by atoms with Crippen molar-refractivity contribution < 1.29 is 23.7 Å². The number of para-hydroxylation sites is 2. The number of aromatic nitrogens is 2. The molecule has 0 aliphatic rings. The number of hydrogen-bond donors (Lipinski definition) is 1. The van der Waals surface area contributed by atoms with Crippen molar-refractivity contribution in [2.75, 3.05) is 28.4 Å². The van der Waals surface area contributed by atoms with Crippen molar-refractivity contribution in [3.8, 4) is 17.2 Å². The number of carbonyl (C=O) groups excluding carboxylic acids is 1. The van der Waals surface area contributed by atoms with E-state index in [2.05, 4.69) is 9.97 Å². The highest BCUT2D eigenvalue weighted by Gasteiger charge is 2.19. The van der Waals surface area contributed by atoms with Gasteiger partial charge in [-0.15, -0.1) is 0 Å². The molecule has 0 aliphatic heterocycles. The Bertz CT molecular complexity index is 949. The summed E-state index contributed by atoms with van der Waals surface area (Å²) in [4.78, 5) is 20.0. The number of methoxy groups -OCH3 is 4. The molecule has 7 heteroatoms. The Hall–Kier alpha value is -3.48. The van der Waals surface area contributed by atoms with Crippen molar-refractivity contribution in [3.05, 3.63) is 47.8 Å². The normalized spacial score (nSPS) is 11.3. The molecule has 0 atom stereocenters. The summed E-state index contributed by atoms with van der Waals surface area (Å²) < 4.78 is 21.0. The molecule has 0 saturated carbocycles. The molecule has 1 N–H and O–H groups in total. The molecule has 0 bridgehead atoms. The van der Waals surface area contributed by atoms with Gasteiger partial charge < -0.3 is 23.9 Å². The summed E-state index contributed by atoms with van der Waals surface area (Å²) in [6, 6.07) is 11.0. The summed E-state index contributed by atoms with van der Waals surface area (Å²) in [5, 5.41) is 0. The Morgan fingerprint density at radius 1 is 1.00 bits per heavy atom. The Labute approximate surface area is 156 Å². The summed E-state index contributed by atoms with van der Waals surface area (Å²) in [7, 11) is 5.93. The van der Waals surface area contributed by atoms with Gasteiger partial charge in [0.25, 0.3) is 0 Å². The molecular formula is C20H20N2O5.